The number of nitrogens with one attached hydrogen (secondary N) is 1. The summed E-state index contributed by atoms with van der Waals surface area (Å²) in [6.07, 6.45) is 1.69. The van der Waals surface area contributed by atoms with E-state index in [2.05, 4.69) is 10.3 Å². The molecule has 0 spiro atoms. The van der Waals surface area contributed by atoms with E-state index in [0.29, 0.717) is 34.8 Å². The van der Waals surface area contributed by atoms with E-state index in [4.69, 9.17) is 23.2 Å². The lowest BCUT2D eigenvalue weighted by atomic mass is 10.0. The third-order valence-corrected chi connectivity index (χ3v) is 5.22. The van der Waals surface area contributed by atoms with Gasteiger partial charge >= 0.3 is 0 Å². The minimum atomic E-state index is -0.609. The minimum absolute atomic E-state index is 0.0985. The highest BCUT2D eigenvalue weighted by atomic mass is 35.5. The number of aromatic nitrogens is 1. The Labute approximate surface area is 172 Å². The van der Waals surface area contributed by atoms with Gasteiger partial charge in [-0.2, -0.15) is 0 Å². The molecule has 0 radical (unpaired) electrons. The van der Waals surface area contributed by atoms with Crippen molar-refractivity contribution in [2.24, 2.45) is 0 Å². The van der Waals surface area contributed by atoms with Gasteiger partial charge in [-0.05, 0) is 36.4 Å². The number of benzene rings is 2. The van der Waals surface area contributed by atoms with Crippen LogP contribution >= 0.6 is 23.2 Å². The van der Waals surface area contributed by atoms with E-state index < -0.39 is 6.17 Å². The zero-order valence-corrected chi connectivity index (χ0v) is 16.3. The number of amides is 1. The van der Waals surface area contributed by atoms with E-state index in [0.717, 1.165) is 5.69 Å². The van der Waals surface area contributed by atoms with Crippen LogP contribution in [0.25, 0.3) is 0 Å². The molecule has 2 aromatic carbocycles. The van der Waals surface area contributed by atoms with Gasteiger partial charge in [0.25, 0.3) is 5.91 Å². The summed E-state index contributed by atoms with van der Waals surface area (Å²) in [6.45, 7) is 0.408. The predicted octanol–water partition coefficient (Wildman–Crippen LogP) is 4.90. The summed E-state index contributed by atoms with van der Waals surface area (Å²) in [5.74, 6) is -0.232. The Kier molecular flexibility index (Phi) is 5.11. The molecule has 2 heterocycles. The van der Waals surface area contributed by atoms with Gasteiger partial charge in [-0.3, -0.25) is 9.78 Å². The standard InChI is InChI=1S/C21H17Cl2N3O2/c22-13-11-16(19(27)17(23)12-13)20-25-18-7-2-1-6-15(18)21(28)26(20)10-8-14-5-3-4-9-24-14/h1-7,9,11-12,20,25,27H,8,10H2. The highest BCUT2D eigenvalue weighted by Crippen LogP contribution is 2.40. The zero-order valence-electron chi connectivity index (χ0n) is 14.8. The second-order valence-electron chi connectivity index (χ2n) is 6.49. The summed E-state index contributed by atoms with van der Waals surface area (Å²) in [5, 5.41) is 14.4. The summed E-state index contributed by atoms with van der Waals surface area (Å²) in [4.78, 5) is 19.2. The lowest BCUT2D eigenvalue weighted by Crippen LogP contribution is -2.44. The lowest BCUT2D eigenvalue weighted by Gasteiger charge is -2.38. The van der Waals surface area contributed by atoms with Crippen molar-refractivity contribution in [1.82, 2.24) is 9.88 Å². The number of para-hydroxylation sites is 1. The quantitative estimate of drug-likeness (QED) is 0.637. The number of anilines is 1. The van der Waals surface area contributed by atoms with E-state index in [1.807, 2.05) is 36.4 Å². The van der Waals surface area contributed by atoms with Crippen molar-refractivity contribution < 1.29 is 9.90 Å². The predicted molar refractivity (Wildman–Crippen MR) is 110 cm³/mol. The van der Waals surface area contributed by atoms with Gasteiger partial charge in [0.2, 0.25) is 0 Å². The highest BCUT2D eigenvalue weighted by Gasteiger charge is 2.34. The largest absolute Gasteiger partial charge is 0.506 e. The van der Waals surface area contributed by atoms with Crippen LogP contribution in [-0.2, 0) is 6.42 Å². The Hall–Kier alpha value is -2.76. The number of halogens is 2. The van der Waals surface area contributed by atoms with Gasteiger partial charge < -0.3 is 15.3 Å². The van der Waals surface area contributed by atoms with Crippen LogP contribution in [0.15, 0.2) is 60.8 Å². The van der Waals surface area contributed by atoms with Crippen LogP contribution in [0.1, 0.15) is 27.8 Å². The highest BCUT2D eigenvalue weighted by molar-refractivity contribution is 6.35. The average molecular weight is 414 g/mol. The Bertz CT molecular complexity index is 1030. The molecule has 5 nitrogen and oxygen atoms in total. The van der Waals surface area contributed by atoms with Gasteiger partial charge in [-0.15, -0.1) is 0 Å². The summed E-state index contributed by atoms with van der Waals surface area (Å²) < 4.78 is 0. The first-order valence-corrected chi connectivity index (χ1v) is 9.54. The van der Waals surface area contributed by atoms with Crippen LogP contribution in [0.3, 0.4) is 0 Å². The molecule has 28 heavy (non-hydrogen) atoms. The fourth-order valence-electron chi connectivity index (χ4n) is 3.34. The van der Waals surface area contributed by atoms with Gasteiger partial charge in [0.05, 0.1) is 10.6 Å². The number of hydrogen-bond donors (Lipinski definition) is 2. The van der Waals surface area contributed by atoms with Crippen molar-refractivity contribution >= 4 is 34.8 Å². The van der Waals surface area contributed by atoms with Gasteiger partial charge in [0, 0.05) is 41.1 Å². The fourth-order valence-corrected chi connectivity index (χ4v) is 3.85. The SMILES string of the molecule is O=C1c2ccccc2NC(c2cc(Cl)cc(Cl)c2O)N1CCc1ccccn1. The van der Waals surface area contributed by atoms with E-state index in [9.17, 15) is 9.90 Å². The molecular formula is C21H17Cl2N3O2. The van der Waals surface area contributed by atoms with E-state index >= 15 is 0 Å². The maximum absolute atomic E-state index is 13.2. The normalized spacial score (nSPS) is 15.9. The van der Waals surface area contributed by atoms with Crippen LogP contribution < -0.4 is 5.32 Å². The number of carbonyl (C=O) groups is 1. The van der Waals surface area contributed by atoms with Gasteiger partial charge in [0.15, 0.2) is 0 Å². The molecule has 4 rings (SSSR count). The summed E-state index contributed by atoms with van der Waals surface area (Å²) in [5.41, 5.74) is 2.59. The van der Waals surface area contributed by atoms with E-state index in [1.54, 1.807) is 23.2 Å². The van der Waals surface area contributed by atoms with Crippen molar-refractivity contribution in [3.8, 4) is 5.75 Å². The number of phenols is 1. The van der Waals surface area contributed by atoms with Crippen LogP contribution in [0.4, 0.5) is 5.69 Å². The molecule has 1 aliphatic heterocycles. The summed E-state index contributed by atoms with van der Waals surface area (Å²) >= 11 is 12.3. The van der Waals surface area contributed by atoms with Gasteiger partial charge in [-0.1, -0.05) is 41.4 Å². The number of hydrogen-bond acceptors (Lipinski definition) is 4. The number of rotatable bonds is 4. The van der Waals surface area contributed by atoms with Crippen molar-refractivity contribution in [3.63, 3.8) is 0 Å². The first-order valence-electron chi connectivity index (χ1n) is 8.79. The lowest BCUT2D eigenvalue weighted by molar-refractivity contribution is 0.0683. The fraction of sp³-hybridized carbons (Fsp3) is 0.143. The maximum atomic E-state index is 13.2. The van der Waals surface area contributed by atoms with Crippen molar-refractivity contribution in [2.45, 2.75) is 12.6 Å². The molecule has 1 aromatic heterocycles. The van der Waals surface area contributed by atoms with Crippen molar-refractivity contribution in [1.29, 1.82) is 0 Å². The number of phenolic OH excluding ortho intramolecular Hbond substituents is 1. The molecule has 1 unspecified atom stereocenters. The minimum Gasteiger partial charge on any atom is -0.506 e. The van der Waals surface area contributed by atoms with Crippen molar-refractivity contribution in [2.75, 3.05) is 11.9 Å². The zero-order chi connectivity index (χ0) is 19.7. The Morgan fingerprint density at radius 3 is 2.68 bits per heavy atom. The molecule has 142 valence electrons. The Morgan fingerprint density at radius 1 is 1.11 bits per heavy atom. The average Bonchev–Trinajstić information content (AvgIpc) is 2.71. The molecule has 2 N–H and O–H groups in total. The molecule has 1 amide bonds. The van der Waals surface area contributed by atoms with Crippen LogP contribution in [0.2, 0.25) is 10.0 Å². The molecule has 0 fully saturated rings. The molecule has 1 aliphatic rings. The van der Waals surface area contributed by atoms with Crippen LogP contribution in [0, 0.1) is 0 Å². The van der Waals surface area contributed by atoms with Gasteiger partial charge in [-0.25, -0.2) is 0 Å². The summed E-state index contributed by atoms with van der Waals surface area (Å²) in [6, 6.07) is 16.1. The number of aromatic hydroxyl groups is 1. The molecule has 0 aliphatic carbocycles. The number of pyridine rings is 1. The smallest absolute Gasteiger partial charge is 0.257 e. The monoisotopic (exact) mass is 413 g/mol. The summed E-state index contributed by atoms with van der Waals surface area (Å²) in [7, 11) is 0. The number of carbonyl (C=O) groups excluding carboxylic acids is 1. The van der Waals surface area contributed by atoms with E-state index in [-0.39, 0.29) is 16.7 Å². The Morgan fingerprint density at radius 2 is 1.89 bits per heavy atom. The third-order valence-electron chi connectivity index (χ3n) is 4.71. The molecule has 7 heteroatoms. The molecule has 0 saturated carbocycles. The number of nitrogens with zero attached hydrogens (tertiary/aromatic N) is 2. The first-order chi connectivity index (χ1) is 13.5. The second kappa shape index (κ2) is 7.70. The first kappa shape index (κ1) is 18.6. The van der Waals surface area contributed by atoms with Gasteiger partial charge in [0.1, 0.15) is 11.9 Å². The second-order valence-corrected chi connectivity index (χ2v) is 7.33. The van der Waals surface area contributed by atoms with Crippen LogP contribution in [-0.4, -0.2) is 27.4 Å². The Balaban J connectivity index is 1.74. The third kappa shape index (κ3) is 3.51. The molecule has 1 atom stereocenters. The maximum Gasteiger partial charge on any atom is 0.257 e. The topological polar surface area (TPSA) is 65.5 Å². The molecule has 0 saturated heterocycles. The molecular weight excluding hydrogens is 397 g/mol. The van der Waals surface area contributed by atoms with Crippen molar-refractivity contribution in [3.05, 3.63) is 87.7 Å². The number of fused-ring (bicyclic) bond motifs is 1. The van der Waals surface area contributed by atoms with Crippen LogP contribution in [0.5, 0.6) is 5.75 Å². The molecule has 0 bridgehead atoms. The van der Waals surface area contributed by atoms with E-state index in [1.165, 1.54) is 6.07 Å². The molecule has 3 aromatic rings.